The van der Waals surface area contributed by atoms with Gasteiger partial charge in [0.15, 0.2) is 0 Å². The summed E-state index contributed by atoms with van der Waals surface area (Å²) in [6.07, 6.45) is 3.35. The lowest BCUT2D eigenvalue weighted by atomic mass is 10.1. The highest BCUT2D eigenvalue weighted by Crippen LogP contribution is 2.24. The molecule has 2 aliphatic rings. The monoisotopic (exact) mass is 354 g/mol. The van der Waals surface area contributed by atoms with Gasteiger partial charge < -0.3 is 20.1 Å². The molecule has 1 aromatic rings. The molecular formula is C18H27ClN2O3. The Labute approximate surface area is 149 Å². The summed E-state index contributed by atoms with van der Waals surface area (Å²) in [6, 6.07) is 8.12. The van der Waals surface area contributed by atoms with Crippen molar-refractivity contribution in [2.24, 2.45) is 5.73 Å². The van der Waals surface area contributed by atoms with Gasteiger partial charge in [0.2, 0.25) is 0 Å². The molecule has 2 N–H and O–H groups in total. The van der Waals surface area contributed by atoms with Crippen LogP contribution in [-0.2, 0) is 9.53 Å². The predicted octanol–water partition coefficient (Wildman–Crippen LogP) is 2.29. The van der Waals surface area contributed by atoms with Gasteiger partial charge in [-0.1, -0.05) is 17.7 Å². The van der Waals surface area contributed by atoms with Crippen LogP contribution < -0.4 is 10.5 Å². The van der Waals surface area contributed by atoms with Gasteiger partial charge in [0.1, 0.15) is 18.0 Å². The fourth-order valence-corrected chi connectivity index (χ4v) is 3.27. The van der Waals surface area contributed by atoms with Gasteiger partial charge in [0, 0.05) is 32.5 Å². The molecule has 3 rings (SSSR count). The van der Waals surface area contributed by atoms with E-state index in [4.69, 9.17) is 15.2 Å². The van der Waals surface area contributed by atoms with Crippen molar-refractivity contribution in [1.29, 1.82) is 0 Å². The Morgan fingerprint density at radius 2 is 1.88 bits per heavy atom. The summed E-state index contributed by atoms with van der Waals surface area (Å²) in [5.74, 6) is 1.03. The number of hydrogen-bond donors (Lipinski definition) is 1. The molecule has 1 aromatic carbocycles. The number of carbonyl (C=O) groups is 1. The molecule has 2 aliphatic heterocycles. The van der Waals surface area contributed by atoms with Gasteiger partial charge in [-0.15, -0.1) is 12.4 Å². The van der Waals surface area contributed by atoms with Gasteiger partial charge in [-0.05, 0) is 31.9 Å². The first-order chi connectivity index (χ1) is 11.2. The van der Waals surface area contributed by atoms with E-state index >= 15 is 0 Å². The molecule has 2 saturated heterocycles. The Kier molecular flexibility index (Phi) is 6.90. The molecule has 24 heavy (non-hydrogen) atoms. The summed E-state index contributed by atoms with van der Waals surface area (Å²) < 4.78 is 11.7. The second-order valence-corrected chi connectivity index (χ2v) is 6.52. The van der Waals surface area contributed by atoms with Crippen LogP contribution in [0.3, 0.4) is 0 Å². The summed E-state index contributed by atoms with van der Waals surface area (Å²) in [7, 11) is 0. The zero-order valence-corrected chi connectivity index (χ0v) is 15.0. The number of benzene rings is 1. The van der Waals surface area contributed by atoms with Crippen LogP contribution in [0.15, 0.2) is 24.3 Å². The van der Waals surface area contributed by atoms with Gasteiger partial charge in [-0.3, -0.25) is 4.79 Å². The molecule has 0 aliphatic carbocycles. The Bertz CT molecular complexity index is 530. The Morgan fingerprint density at radius 1 is 1.21 bits per heavy atom. The number of amides is 1. The van der Waals surface area contributed by atoms with Crippen molar-refractivity contribution < 1.29 is 14.3 Å². The van der Waals surface area contributed by atoms with Gasteiger partial charge >= 0.3 is 0 Å². The Hall–Kier alpha value is -1.30. The number of ether oxygens (including phenoxy) is 2. The fraction of sp³-hybridized carbons (Fsp3) is 0.611. The molecule has 0 aromatic heterocycles. The Balaban J connectivity index is 0.00000208. The maximum Gasteiger partial charge on any atom is 0.251 e. The molecule has 0 radical (unpaired) electrons. The number of piperidine rings is 1. The first-order valence-corrected chi connectivity index (χ1v) is 8.53. The number of aryl methyl sites for hydroxylation is 1. The molecule has 0 bridgehead atoms. The second-order valence-electron chi connectivity index (χ2n) is 6.52. The van der Waals surface area contributed by atoms with E-state index in [-0.39, 0.29) is 36.6 Å². The zero-order valence-electron chi connectivity index (χ0n) is 14.1. The smallest absolute Gasteiger partial charge is 0.251 e. The van der Waals surface area contributed by atoms with E-state index in [9.17, 15) is 4.79 Å². The highest BCUT2D eigenvalue weighted by Gasteiger charge is 2.34. The fourth-order valence-electron chi connectivity index (χ4n) is 3.27. The number of carbonyl (C=O) groups excluding carboxylic acids is 1. The summed E-state index contributed by atoms with van der Waals surface area (Å²) >= 11 is 0. The van der Waals surface area contributed by atoms with Crippen molar-refractivity contribution >= 4 is 18.3 Å². The number of halogens is 1. The SMILES string of the molecule is Cc1ccc(OC2CCN(C(=O)[C@@H]3CC[C@H](CN)O3)CC2)cc1.Cl. The zero-order chi connectivity index (χ0) is 16.2. The van der Waals surface area contributed by atoms with Crippen molar-refractivity contribution in [2.45, 2.75) is 50.9 Å². The largest absolute Gasteiger partial charge is 0.490 e. The van der Waals surface area contributed by atoms with Crippen LogP contribution in [0.2, 0.25) is 0 Å². The third-order valence-electron chi connectivity index (χ3n) is 4.72. The van der Waals surface area contributed by atoms with E-state index in [1.54, 1.807) is 0 Å². The van der Waals surface area contributed by atoms with Crippen LogP contribution in [0.4, 0.5) is 0 Å². The standard InChI is InChI=1S/C18H26N2O3.ClH/c1-13-2-4-14(5-3-13)22-15-8-10-20(11-9-15)18(21)17-7-6-16(12-19)23-17;/h2-5,15-17H,6-12,19H2,1H3;1H/t16-,17+;/m1./s1. The minimum absolute atomic E-state index is 0. The molecular weight excluding hydrogens is 328 g/mol. The maximum absolute atomic E-state index is 12.5. The van der Waals surface area contributed by atoms with Crippen LogP contribution in [0.25, 0.3) is 0 Å². The molecule has 0 saturated carbocycles. The van der Waals surface area contributed by atoms with Crippen LogP contribution in [0, 0.1) is 6.92 Å². The molecule has 5 nitrogen and oxygen atoms in total. The van der Waals surface area contributed by atoms with Crippen LogP contribution >= 0.6 is 12.4 Å². The van der Waals surface area contributed by atoms with Crippen molar-refractivity contribution in [1.82, 2.24) is 4.90 Å². The van der Waals surface area contributed by atoms with Gasteiger partial charge in [-0.25, -0.2) is 0 Å². The minimum Gasteiger partial charge on any atom is -0.490 e. The summed E-state index contributed by atoms with van der Waals surface area (Å²) in [5.41, 5.74) is 6.84. The van der Waals surface area contributed by atoms with E-state index in [2.05, 4.69) is 19.1 Å². The summed E-state index contributed by atoms with van der Waals surface area (Å²) in [4.78, 5) is 14.4. The normalized spacial score (nSPS) is 24.5. The lowest BCUT2D eigenvalue weighted by Gasteiger charge is -2.33. The van der Waals surface area contributed by atoms with Crippen molar-refractivity contribution in [3.63, 3.8) is 0 Å². The van der Waals surface area contributed by atoms with Crippen molar-refractivity contribution in [3.8, 4) is 5.75 Å². The van der Waals surface area contributed by atoms with Crippen molar-refractivity contribution in [2.75, 3.05) is 19.6 Å². The van der Waals surface area contributed by atoms with Crippen molar-refractivity contribution in [3.05, 3.63) is 29.8 Å². The lowest BCUT2D eigenvalue weighted by Crippen LogP contribution is -2.46. The van der Waals surface area contributed by atoms with E-state index in [0.29, 0.717) is 6.54 Å². The van der Waals surface area contributed by atoms with Gasteiger partial charge in [0.05, 0.1) is 6.10 Å². The molecule has 2 atom stereocenters. The quantitative estimate of drug-likeness (QED) is 0.901. The van der Waals surface area contributed by atoms with E-state index in [1.807, 2.05) is 17.0 Å². The third-order valence-corrected chi connectivity index (χ3v) is 4.72. The maximum atomic E-state index is 12.5. The highest BCUT2D eigenvalue weighted by molar-refractivity contribution is 5.85. The average Bonchev–Trinajstić information content (AvgIpc) is 3.06. The molecule has 0 unspecified atom stereocenters. The number of hydrogen-bond acceptors (Lipinski definition) is 4. The lowest BCUT2D eigenvalue weighted by molar-refractivity contribution is -0.144. The van der Waals surface area contributed by atoms with E-state index in [1.165, 1.54) is 5.56 Å². The number of nitrogens with zero attached hydrogens (tertiary/aromatic N) is 1. The van der Waals surface area contributed by atoms with E-state index in [0.717, 1.165) is 44.5 Å². The average molecular weight is 355 g/mol. The third kappa shape index (κ3) is 4.62. The second kappa shape index (κ2) is 8.70. The van der Waals surface area contributed by atoms with Gasteiger partial charge in [-0.2, -0.15) is 0 Å². The molecule has 6 heteroatoms. The highest BCUT2D eigenvalue weighted by atomic mass is 35.5. The first-order valence-electron chi connectivity index (χ1n) is 8.53. The first kappa shape index (κ1) is 19.0. The summed E-state index contributed by atoms with van der Waals surface area (Å²) in [6.45, 7) is 4.04. The Morgan fingerprint density at radius 3 is 2.46 bits per heavy atom. The molecule has 2 heterocycles. The molecule has 1 amide bonds. The molecule has 0 spiro atoms. The van der Waals surface area contributed by atoms with Crippen LogP contribution in [-0.4, -0.2) is 48.8 Å². The van der Waals surface area contributed by atoms with Crippen LogP contribution in [0.1, 0.15) is 31.2 Å². The van der Waals surface area contributed by atoms with Gasteiger partial charge in [0.25, 0.3) is 5.91 Å². The number of rotatable bonds is 4. The topological polar surface area (TPSA) is 64.8 Å². The predicted molar refractivity (Wildman–Crippen MR) is 95.6 cm³/mol. The summed E-state index contributed by atoms with van der Waals surface area (Å²) in [5, 5.41) is 0. The molecule has 2 fully saturated rings. The van der Waals surface area contributed by atoms with Crippen LogP contribution in [0.5, 0.6) is 5.75 Å². The number of nitrogens with two attached hydrogens (primary N) is 1. The number of likely N-dealkylation sites (tertiary alicyclic amines) is 1. The molecule has 134 valence electrons. The minimum atomic E-state index is -0.293. The van der Waals surface area contributed by atoms with E-state index < -0.39 is 0 Å².